The van der Waals surface area contributed by atoms with E-state index in [4.69, 9.17) is 5.73 Å². The van der Waals surface area contributed by atoms with Crippen LogP contribution in [-0.4, -0.2) is 15.9 Å². The molecule has 0 radical (unpaired) electrons. The molecule has 6 heteroatoms. The highest BCUT2D eigenvalue weighted by Crippen LogP contribution is 2.31. The van der Waals surface area contributed by atoms with Gasteiger partial charge in [0, 0.05) is 36.1 Å². The summed E-state index contributed by atoms with van der Waals surface area (Å²) < 4.78 is 0. The van der Waals surface area contributed by atoms with Crippen molar-refractivity contribution < 1.29 is 4.79 Å². The second-order valence-electron chi connectivity index (χ2n) is 5.42. The highest BCUT2D eigenvalue weighted by molar-refractivity contribution is 5.89. The molecule has 0 spiro atoms. The van der Waals surface area contributed by atoms with Crippen LogP contribution in [0.15, 0.2) is 54.9 Å². The van der Waals surface area contributed by atoms with Gasteiger partial charge in [-0.3, -0.25) is 9.78 Å². The molecule has 0 saturated heterocycles. The normalized spacial score (nSPS) is 10.1. The van der Waals surface area contributed by atoms with Gasteiger partial charge in [0.25, 0.3) is 0 Å². The molecule has 2 heterocycles. The predicted octanol–water partition coefficient (Wildman–Crippen LogP) is 3.22. The molecule has 3 aromatic rings. The molecule has 25 heavy (non-hydrogen) atoms. The Labute approximate surface area is 145 Å². The third-order valence-corrected chi connectivity index (χ3v) is 3.65. The van der Waals surface area contributed by atoms with Gasteiger partial charge in [-0.05, 0) is 35.9 Å². The van der Waals surface area contributed by atoms with Crippen LogP contribution < -0.4 is 11.1 Å². The molecule has 3 N–H and O–H groups in total. The van der Waals surface area contributed by atoms with Crippen molar-refractivity contribution >= 4 is 17.4 Å². The lowest BCUT2D eigenvalue weighted by atomic mass is 9.98. The van der Waals surface area contributed by atoms with Crippen molar-refractivity contribution in [3.8, 4) is 28.5 Å². The number of nitrogens with two attached hydrogens (primary N) is 1. The average molecular weight is 329 g/mol. The molecule has 0 atom stereocenters. The lowest BCUT2D eigenvalue weighted by Crippen LogP contribution is -2.05. The van der Waals surface area contributed by atoms with E-state index >= 15 is 0 Å². The first-order valence-electron chi connectivity index (χ1n) is 7.57. The van der Waals surface area contributed by atoms with Gasteiger partial charge in [0.2, 0.25) is 5.91 Å². The summed E-state index contributed by atoms with van der Waals surface area (Å²) in [5, 5.41) is 12.2. The molecule has 2 aromatic heterocycles. The Hall–Kier alpha value is -3.72. The van der Waals surface area contributed by atoms with E-state index in [1.165, 1.54) is 6.92 Å². The molecule has 122 valence electrons. The molecule has 1 amide bonds. The molecule has 3 rings (SSSR count). The molecule has 0 saturated carbocycles. The Kier molecular flexibility index (Phi) is 4.40. The number of carbonyl (C=O) groups is 1. The van der Waals surface area contributed by atoms with Gasteiger partial charge >= 0.3 is 0 Å². The van der Waals surface area contributed by atoms with E-state index in [1.54, 1.807) is 24.5 Å². The first-order chi connectivity index (χ1) is 12.1. The van der Waals surface area contributed by atoms with Gasteiger partial charge in [0.05, 0.1) is 5.69 Å². The summed E-state index contributed by atoms with van der Waals surface area (Å²) in [6.45, 7) is 1.45. The fourth-order valence-corrected chi connectivity index (χ4v) is 2.52. The van der Waals surface area contributed by atoms with Gasteiger partial charge in [0.15, 0.2) is 0 Å². The van der Waals surface area contributed by atoms with Gasteiger partial charge in [-0.1, -0.05) is 12.1 Å². The molecule has 0 aliphatic heterocycles. The van der Waals surface area contributed by atoms with Crippen molar-refractivity contribution in [3.63, 3.8) is 0 Å². The van der Waals surface area contributed by atoms with E-state index in [1.807, 2.05) is 30.3 Å². The van der Waals surface area contributed by atoms with Gasteiger partial charge in [0.1, 0.15) is 17.5 Å². The summed E-state index contributed by atoms with van der Waals surface area (Å²) >= 11 is 0. The maximum Gasteiger partial charge on any atom is 0.221 e. The number of nitrogen functional groups attached to an aromatic ring is 1. The maximum absolute atomic E-state index is 11.1. The fourth-order valence-electron chi connectivity index (χ4n) is 2.52. The lowest BCUT2D eigenvalue weighted by molar-refractivity contribution is -0.114. The summed E-state index contributed by atoms with van der Waals surface area (Å²) in [5.74, 6) is 0.0383. The minimum Gasteiger partial charge on any atom is -0.383 e. The highest BCUT2D eigenvalue weighted by Gasteiger charge is 2.13. The standard InChI is InChI=1S/C19H15N5O/c1-12(25)23-15-4-2-13(3-5-15)16-10-18(14-6-8-22-9-7-14)24-19(21)17(16)11-20/h2-10H,1H3,(H2,21,24)(H,23,25). The topological polar surface area (TPSA) is 105 Å². The Morgan fingerprint density at radius 3 is 2.40 bits per heavy atom. The number of nitrogens with one attached hydrogen (secondary N) is 1. The van der Waals surface area contributed by atoms with Crippen LogP contribution in [-0.2, 0) is 4.79 Å². The molecule has 0 aliphatic rings. The zero-order chi connectivity index (χ0) is 17.8. The second-order valence-corrected chi connectivity index (χ2v) is 5.42. The van der Waals surface area contributed by atoms with Crippen LogP contribution in [0.4, 0.5) is 11.5 Å². The van der Waals surface area contributed by atoms with Gasteiger partial charge in [-0.25, -0.2) is 4.98 Å². The van der Waals surface area contributed by atoms with E-state index in [9.17, 15) is 10.1 Å². The number of anilines is 2. The molecule has 0 fully saturated rings. The largest absolute Gasteiger partial charge is 0.383 e. The van der Waals surface area contributed by atoms with Crippen molar-refractivity contribution in [2.75, 3.05) is 11.1 Å². The summed E-state index contributed by atoms with van der Waals surface area (Å²) in [7, 11) is 0. The Morgan fingerprint density at radius 1 is 1.12 bits per heavy atom. The number of amides is 1. The van der Waals surface area contributed by atoms with E-state index < -0.39 is 0 Å². The van der Waals surface area contributed by atoms with Crippen LogP contribution in [0.3, 0.4) is 0 Å². The number of hydrogen-bond donors (Lipinski definition) is 2. The van der Waals surface area contributed by atoms with Crippen LogP contribution in [0.5, 0.6) is 0 Å². The Morgan fingerprint density at radius 2 is 1.80 bits per heavy atom. The monoisotopic (exact) mass is 329 g/mol. The molecule has 0 bridgehead atoms. The zero-order valence-electron chi connectivity index (χ0n) is 13.5. The van der Waals surface area contributed by atoms with E-state index in [0.29, 0.717) is 22.5 Å². The minimum atomic E-state index is -0.140. The summed E-state index contributed by atoms with van der Waals surface area (Å²) in [6.07, 6.45) is 3.35. The van der Waals surface area contributed by atoms with Crippen LogP contribution >= 0.6 is 0 Å². The smallest absolute Gasteiger partial charge is 0.221 e. The Bertz CT molecular complexity index is 960. The number of rotatable bonds is 3. The van der Waals surface area contributed by atoms with Crippen LogP contribution in [0.2, 0.25) is 0 Å². The van der Waals surface area contributed by atoms with E-state index in [2.05, 4.69) is 21.4 Å². The summed E-state index contributed by atoms with van der Waals surface area (Å²) in [4.78, 5) is 19.5. The molecular formula is C19H15N5O. The number of nitriles is 1. The molecule has 1 aromatic carbocycles. The highest BCUT2D eigenvalue weighted by atomic mass is 16.1. The van der Waals surface area contributed by atoms with Crippen molar-refractivity contribution in [2.45, 2.75) is 6.92 Å². The quantitative estimate of drug-likeness (QED) is 0.767. The Balaban J connectivity index is 2.10. The predicted molar refractivity (Wildman–Crippen MR) is 96.3 cm³/mol. The van der Waals surface area contributed by atoms with E-state index in [0.717, 1.165) is 11.1 Å². The lowest BCUT2D eigenvalue weighted by Gasteiger charge is -2.11. The van der Waals surface area contributed by atoms with Crippen LogP contribution in [0.25, 0.3) is 22.4 Å². The molecule has 0 aliphatic carbocycles. The number of aromatic nitrogens is 2. The van der Waals surface area contributed by atoms with Crippen molar-refractivity contribution in [1.29, 1.82) is 5.26 Å². The number of hydrogen-bond acceptors (Lipinski definition) is 5. The number of nitrogens with zero attached hydrogens (tertiary/aromatic N) is 3. The number of carbonyl (C=O) groups excluding carboxylic acids is 1. The van der Waals surface area contributed by atoms with Gasteiger partial charge in [-0.15, -0.1) is 0 Å². The van der Waals surface area contributed by atoms with Crippen molar-refractivity contribution in [2.24, 2.45) is 0 Å². The zero-order valence-corrected chi connectivity index (χ0v) is 13.5. The van der Waals surface area contributed by atoms with Crippen molar-refractivity contribution in [3.05, 3.63) is 60.4 Å². The minimum absolute atomic E-state index is 0.140. The molecular weight excluding hydrogens is 314 g/mol. The maximum atomic E-state index is 11.1. The number of pyridine rings is 2. The summed E-state index contributed by atoms with van der Waals surface area (Å²) in [5.41, 5.74) is 10.0. The summed E-state index contributed by atoms with van der Waals surface area (Å²) in [6, 6.07) is 14.8. The molecule has 6 nitrogen and oxygen atoms in total. The third kappa shape index (κ3) is 3.46. The first kappa shape index (κ1) is 16.1. The molecule has 0 unspecified atom stereocenters. The number of benzene rings is 1. The van der Waals surface area contributed by atoms with Crippen LogP contribution in [0.1, 0.15) is 12.5 Å². The SMILES string of the molecule is CC(=O)Nc1ccc(-c2cc(-c3ccncc3)nc(N)c2C#N)cc1. The van der Waals surface area contributed by atoms with Gasteiger partial charge in [-0.2, -0.15) is 5.26 Å². The first-order valence-corrected chi connectivity index (χ1v) is 7.57. The van der Waals surface area contributed by atoms with Crippen molar-refractivity contribution in [1.82, 2.24) is 9.97 Å². The fraction of sp³-hybridized carbons (Fsp3) is 0.0526. The van der Waals surface area contributed by atoms with Gasteiger partial charge < -0.3 is 11.1 Å². The third-order valence-electron chi connectivity index (χ3n) is 3.65. The average Bonchev–Trinajstić information content (AvgIpc) is 2.62. The second kappa shape index (κ2) is 6.81. The van der Waals surface area contributed by atoms with Crippen LogP contribution in [0, 0.1) is 11.3 Å². The van der Waals surface area contributed by atoms with E-state index in [-0.39, 0.29) is 11.7 Å².